The van der Waals surface area contributed by atoms with Gasteiger partial charge in [0, 0.05) is 13.1 Å². The van der Waals surface area contributed by atoms with Gasteiger partial charge in [-0.15, -0.1) is 0 Å². The Morgan fingerprint density at radius 2 is 2.11 bits per heavy atom. The summed E-state index contributed by atoms with van der Waals surface area (Å²) in [5, 5.41) is 16.6. The van der Waals surface area contributed by atoms with Gasteiger partial charge in [0.2, 0.25) is 10.0 Å². The van der Waals surface area contributed by atoms with Gasteiger partial charge in [-0.2, -0.15) is 9.40 Å². The number of aromatic amines is 1. The van der Waals surface area contributed by atoms with E-state index in [0.29, 0.717) is 30.8 Å². The molecule has 0 amide bonds. The van der Waals surface area contributed by atoms with Crippen LogP contribution >= 0.6 is 0 Å². The van der Waals surface area contributed by atoms with Crippen LogP contribution in [0.4, 0.5) is 0 Å². The van der Waals surface area contributed by atoms with E-state index in [0.717, 1.165) is 0 Å². The molecule has 0 spiro atoms. The van der Waals surface area contributed by atoms with Crippen LogP contribution in [0.5, 0.6) is 0 Å². The van der Waals surface area contributed by atoms with Gasteiger partial charge >= 0.3 is 0 Å². The number of aromatic nitrogens is 2. The monoisotopic (exact) mass is 273 g/mol. The number of hydrogen-bond donors (Lipinski definition) is 2. The van der Waals surface area contributed by atoms with Gasteiger partial charge < -0.3 is 5.11 Å². The summed E-state index contributed by atoms with van der Waals surface area (Å²) < 4.78 is 26.4. The molecule has 1 saturated heterocycles. The lowest BCUT2D eigenvalue weighted by Gasteiger charge is -2.35. The van der Waals surface area contributed by atoms with Crippen molar-refractivity contribution in [3.63, 3.8) is 0 Å². The number of nitrogens with one attached hydrogen (secondary N) is 1. The second kappa shape index (κ2) is 4.32. The number of rotatable bonds is 2. The van der Waals surface area contributed by atoms with E-state index in [1.165, 1.54) is 4.31 Å². The highest BCUT2D eigenvalue weighted by molar-refractivity contribution is 7.89. The molecule has 1 atom stereocenters. The summed E-state index contributed by atoms with van der Waals surface area (Å²) in [7, 11) is -3.57. The quantitative estimate of drug-likeness (QED) is 0.824. The Labute approximate surface area is 107 Å². The summed E-state index contributed by atoms with van der Waals surface area (Å²) in [4.78, 5) is 0.236. The molecule has 0 aromatic carbocycles. The predicted molar refractivity (Wildman–Crippen MR) is 66.7 cm³/mol. The molecule has 7 heteroatoms. The maximum atomic E-state index is 12.5. The van der Waals surface area contributed by atoms with Gasteiger partial charge in [-0.1, -0.05) is 0 Å². The third-order valence-electron chi connectivity index (χ3n) is 3.30. The molecule has 1 aromatic heterocycles. The van der Waals surface area contributed by atoms with Crippen molar-refractivity contribution in [2.75, 3.05) is 13.1 Å². The van der Waals surface area contributed by atoms with Gasteiger partial charge in [0.25, 0.3) is 0 Å². The van der Waals surface area contributed by atoms with Gasteiger partial charge in [0.05, 0.1) is 17.0 Å². The van der Waals surface area contributed by atoms with Crippen LogP contribution in [0.15, 0.2) is 4.90 Å². The number of aliphatic hydroxyl groups is 1. The fraction of sp³-hybridized carbons (Fsp3) is 0.727. The fourth-order valence-corrected chi connectivity index (χ4v) is 4.36. The molecule has 1 aromatic rings. The van der Waals surface area contributed by atoms with Crippen LogP contribution in [0.2, 0.25) is 0 Å². The summed E-state index contributed by atoms with van der Waals surface area (Å²) in [6.45, 7) is 5.61. The van der Waals surface area contributed by atoms with Crippen molar-refractivity contribution in [2.45, 2.75) is 44.1 Å². The lowest BCUT2D eigenvalue weighted by Crippen LogP contribution is -2.48. The van der Waals surface area contributed by atoms with Crippen LogP contribution in [0, 0.1) is 13.8 Å². The van der Waals surface area contributed by atoms with Gasteiger partial charge in [0.15, 0.2) is 0 Å². The average Bonchev–Trinajstić information content (AvgIpc) is 2.57. The molecule has 2 rings (SSSR count). The average molecular weight is 273 g/mol. The van der Waals surface area contributed by atoms with Gasteiger partial charge in [-0.3, -0.25) is 5.10 Å². The van der Waals surface area contributed by atoms with Crippen molar-refractivity contribution in [3.05, 3.63) is 11.4 Å². The lowest BCUT2D eigenvalue weighted by molar-refractivity contribution is 0.00938. The molecule has 102 valence electrons. The Kier molecular flexibility index (Phi) is 3.25. The number of sulfonamides is 1. The first-order chi connectivity index (χ1) is 8.24. The number of nitrogens with zero attached hydrogens (tertiary/aromatic N) is 2. The molecule has 2 heterocycles. The van der Waals surface area contributed by atoms with Crippen molar-refractivity contribution in [3.8, 4) is 0 Å². The maximum Gasteiger partial charge on any atom is 0.246 e. The van der Waals surface area contributed by atoms with Crippen molar-refractivity contribution < 1.29 is 13.5 Å². The van der Waals surface area contributed by atoms with Crippen LogP contribution in [-0.2, 0) is 10.0 Å². The van der Waals surface area contributed by atoms with Crippen LogP contribution in [0.25, 0.3) is 0 Å². The van der Waals surface area contributed by atoms with E-state index in [1.54, 1.807) is 20.8 Å². The molecule has 1 fully saturated rings. The number of aryl methyl sites for hydroxylation is 2. The second-order valence-electron chi connectivity index (χ2n) is 5.20. The van der Waals surface area contributed by atoms with Crippen LogP contribution in [-0.4, -0.2) is 46.7 Å². The smallest absolute Gasteiger partial charge is 0.246 e. The fourth-order valence-electron chi connectivity index (χ4n) is 2.43. The molecule has 1 aliphatic heterocycles. The van der Waals surface area contributed by atoms with E-state index in [-0.39, 0.29) is 11.4 Å². The number of hydrogen-bond acceptors (Lipinski definition) is 4. The number of piperidine rings is 1. The third-order valence-corrected chi connectivity index (χ3v) is 5.41. The minimum Gasteiger partial charge on any atom is -0.389 e. The molecule has 6 nitrogen and oxygen atoms in total. The topological polar surface area (TPSA) is 86.3 Å². The van der Waals surface area contributed by atoms with Crippen molar-refractivity contribution in [1.29, 1.82) is 0 Å². The van der Waals surface area contributed by atoms with E-state index < -0.39 is 15.6 Å². The highest BCUT2D eigenvalue weighted by Gasteiger charge is 2.37. The van der Waals surface area contributed by atoms with Crippen LogP contribution in [0.3, 0.4) is 0 Å². The lowest BCUT2D eigenvalue weighted by atomic mass is 9.97. The first-order valence-corrected chi connectivity index (χ1v) is 7.42. The zero-order valence-electron chi connectivity index (χ0n) is 10.9. The number of H-pyrrole nitrogens is 1. The zero-order chi connectivity index (χ0) is 13.6. The highest BCUT2D eigenvalue weighted by atomic mass is 32.2. The Morgan fingerprint density at radius 3 is 2.61 bits per heavy atom. The molecule has 0 aliphatic carbocycles. The molecule has 0 bridgehead atoms. The maximum absolute atomic E-state index is 12.5. The van der Waals surface area contributed by atoms with Crippen LogP contribution in [0.1, 0.15) is 31.2 Å². The van der Waals surface area contributed by atoms with E-state index in [2.05, 4.69) is 10.2 Å². The Bertz CT molecular complexity index is 528. The summed E-state index contributed by atoms with van der Waals surface area (Å²) in [5.41, 5.74) is 0.0621. The van der Waals surface area contributed by atoms with Gasteiger partial charge in [-0.25, -0.2) is 8.42 Å². The third kappa shape index (κ3) is 2.30. The molecule has 18 heavy (non-hydrogen) atoms. The van der Waals surface area contributed by atoms with Crippen molar-refractivity contribution in [1.82, 2.24) is 14.5 Å². The Hall–Kier alpha value is -0.920. The zero-order valence-corrected chi connectivity index (χ0v) is 11.7. The molecule has 1 aliphatic rings. The SMILES string of the molecule is Cc1n[nH]c(C)c1S(=O)(=O)N1CCCC(C)(O)C1. The van der Waals surface area contributed by atoms with Crippen molar-refractivity contribution >= 4 is 10.0 Å². The molecule has 0 saturated carbocycles. The van der Waals surface area contributed by atoms with Crippen molar-refractivity contribution in [2.24, 2.45) is 0 Å². The Morgan fingerprint density at radius 1 is 1.44 bits per heavy atom. The summed E-state index contributed by atoms with van der Waals surface area (Å²) in [6.07, 6.45) is 1.30. The molecule has 0 radical (unpaired) electrons. The molecular formula is C11H19N3O3S. The Balaban J connectivity index is 2.38. The molecular weight excluding hydrogens is 254 g/mol. The highest BCUT2D eigenvalue weighted by Crippen LogP contribution is 2.28. The summed E-state index contributed by atoms with van der Waals surface area (Å²) in [5.74, 6) is 0. The molecule has 1 unspecified atom stereocenters. The van der Waals surface area contributed by atoms with E-state index in [1.807, 2.05) is 0 Å². The molecule has 2 N–H and O–H groups in total. The van der Waals surface area contributed by atoms with Gasteiger partial charge in [-0.05, 0) is 33.6 Å². The number of β-amino-alcohol motifs (C(OH)–C–C–N with tert-alkyl or cyclic N) is 1. The summed E-state index contributed by atoms with van der Waals surface area (Å²) in [6, 6.07) is 0. The van der Waals surface area contributed by atoms with E-state index in [4.69, 9.17) is 0 Å². The standard InChI is InChI=1S/C11H19N3O3S/c1-8-10(9(2)13-12-8)18(16,17)14-6-4-5-11(3,15)7-14/h15H,4-7H2,1-3H3,(H,12,13). The van der Waals surface area contributed by atoms with Crippen LogP contribution < -0.4 is 0 Å². The minimum atomic E-state index is -3.57. The first-order valence-electron chi connectivity index (χ1n) is 5.98. The minimum absolute atomic E-state index is 0.138. The second-order valence-corrected chi connectivity index (χ2v) is 7.08. The normalized spacial score (nSPS) is 26.4. The summed E-state index contributed by atoms with van der Waals surface area (Å²) >= 11 is 0. The first kappa shape index (κ1) is 13.5. The van der Waals surface area contributed by atoms with Gasteiger partial charge in [0.1, 0.15) is 4.90 Å². The predicted octanol–water partition coefficient (Wildman–Crippen LogP) is 0.562. The van der Waals surface area contributed by atoms with E-state index in [9.17, 15) is 13.5 Å². The van der Waals surface area contributed by atoms with E-state index >= 15 is 0 Å². The largest absolute Gasteiger partial charge is 0.389 e.